The lowest BCUT2D eigenvalue weighted by Gasteiger charge is -2.54. The third kappa shape index (κ3) is 5.61. The van der Waals surface area contributed by atoms with Crippen LogP contribution in [0.25, 0.3) is 39.0 Å². The van der Waals surface area contributed by atoms with Crippen LogP contribution < -0.4 is 31.1 Å². The van der Waals surface area contributed by atoms with Crippen molar-refractivity contribution in [3.63, 3.8) is 0 Å². The zero-order valence-corrected chi connectivity index (χ0v) is 46.4. The summed E-state index contributed by atoms with van der Waals surface area (Å²) >= 11 is 0. The van der Waals surface area contributed by atoms with Gasteiger partial charge in [-0.2, -0.15) is 0 Å². The first-order chi connectivity index (χ1) is 39.8. The van der Waals surface area contributed by atoms with Crippen LogP contribution in [0.3, 0.4) is 0 Å². The van der Waals surface area contributed by atoms with Crippen LogP contribution in [0.15, 0.2) is 224 Å². The lowest BCUT2D eigenvalue weighted by molar-refractivity contribution is 0.195. The van der Waals surface area contributed by atoms with Crippen molar-refractivity contribution in [1.29, 1.82) is 0 Å². The molecule has 1 fully saturated rings. The predicted molar refractivity (Wildman–Crippen MR) is 339 cm³/mol. The first kappa shape index (κ1) is 46.0. The van der Waals surface area contributed by atoms with Gasteiger partial charge in [-0.3, -0.25) is 0 Å². The van der Waals surface area contributed by atoms with E-state index in [2.05, 4.69) is 267 Å². The molecule has 0 saturated heterocycles. The van der Waals surface area contributed by atoms with Crippen molar-refractivity contribution in [3.05, 3.63) is 275 Å². The lowest BCUT2D eigenvalue weighted by Crippen LogP contribution is -2.68. The molecule has 18 rings (SSSR count). The van der Waals surface area contributed by atoms with Gasteiger partial charge in [0.15, 0.2) is 0 Å². The minimum atomic E-state index is -0.671. The summed E-state index contributed by atoms with van der Waals surface area (Å²) < 4.78 is 0. The van der Waals surface area contributed by atoms with Gasteiger partial charge in [-0.1, -0.05) is 208 Å². The van der Waals surface area contributed by atoms with Crippen molar-refractivity contribution in [3.8, 4) is 33.4 Å². The van der Waals surface area contributed by atoms with Crippen molar-refractivity contribution < 1.29 is 0 Å². The predicted octanol–water partition coefficient (Wildman–Crippen LogP) is 17.6. The molecule has 0 radical (unpaired) electrons. The van der Waals surface area contributed by atoms with Gasteiger partial charge in [0.1, 0.15) is 0 Å². The zero-order chi connectivity index (χ0) is 53.7. The van der Waals surface area contributed by atoms with E-state index >= 15 is 0 Å². The highest BCUT2D eigenvalue weighted by Gasteiger charge is 2.61. The number of hydrogen-bond donors (Lipinski definition) is 0. The molecule has 0 bridgehead atoms. The molecule has 10 aromatic rings. The summed E-state index contributed by atoms with van der Waals surface area (Å²) in [7, 11) is 0. The Morgan fingerprint density at radius 1 is 0.469 bits per heavy atom. The van der Waals surface area contributed by atoms with Crippen LogP contribution in [-0.4, -0.2) is 12.3 Å². The molecule has 386 valence electrons. The van der Waals surface area contributed by atoms with Crippen LogP contribution in [0.4, 0.5) is 45.5 Å². The van der Waals surface area contributed by atoms with Gasteiger partial charge in [0.05, 0.1) is 22.3 Å². The molecular weight excluding hydrogens is 978 g/mol. The SMILES string of the molecule is Cc1cc2c3c4c1-c1ccccc1-c1ccccc1N4c1cc(N4c5ccc(-c6ccccc6)cc5C5(C)CCCCC45C)cc4c1B3c1c(cc(C)c3c1N4c1ccccc1C1=CC=CCC13)C2(c1ccccc1)c1ccccc1. The fourth-order valence-corrected chi connectivity index (χ4v) is 17.9. The molecule has 8 aliphatic rings. The van der Waals surface area contributed by atoms with Gasteiger partial charge in [0.2, 0.25) is 0 Å². The number of fused-ring (bicyclic) bond motifs is 15. The van der Waals surface area contributed by atoms with E-state index in [0.29, 0.717) is 0 Å². The van der Waals surface area contributed by atoms with Gasteiger partial charge >= 0.3 is 0 Å². The topological polar surface area (TPSA) is 9.72 Å². The van der Waals surface area contributed by atoms with Gasteiger partial charge in [0.25, 0.3) is 6.71 Å². The van der Waals surface area contributed by atoms with E-state index in [4.69, 9.17) is 0 Å². The second-order valence-corrected chi connectivity index (χ2v) is 24.9. The molecule has 2 aliphatic carbocycles. The van der Waals surface area contributed by atoms with Crippen molar-refractivity contribution in [2.45, 2.75) is 82.1 Å². The third-order valence-corrected chi connectivity index (χ3v) is 21.3. The van der Waals surface area contributed by atoms with E-state index in [9.17, 15) is 0 Å². The van der Waals surface area contributed by atoms with Crippen molar-refractivity contribution >= 4 is 74.2 Å². The van der Waals surface area contributed by atoms with Crippen molar-refractivity contribution in [2.75, 3.05) is 14.7 Å². The molecule has 6 aliphatic heterocycles. The lowest BCUT2D eigenvalue weighted by atomic mass is 9.27. The molecule has 3 unspecified atom stereocenters. The smallest absolute Gasteiger partial charge is 0.253 e. The van der Waals surface area contributed by atoms with E-state index in [0.717, 1.165) is 19.3 Å². The third-order valence-electron chi connectivity index (χ3n) is 21.3. The molecule has 6 heterocycles. The van der Waals surface area contributed by atoms with E-state index in [-0.39, 0.29) is 23.6 Å². The van der Waals surface area contributed by atoms with Crippen LogP contribution in [-0.2, 0) is 10.8 Å². The number of aryl methyl sites for hydroxylation is 2. The molecule has 3 atom stereocenters. The van der Waals surface area contributed by atoms with Crippen LogP contribution in [0.1, 0.15) is 102 Å². The first-order valence-corrected chi connectivity index (χ1v) is 29.7. The first-order valence-electron chi connectivity index (χ1n) is 29.7. The summed E-state index contributed by atoms with van der Waals surface area (Å²) in [6.07, 6.45) is 12.8. The summed E-state index contributed by atoms with van der Waals surface area (Å²) in [5, 5.41) is 0. The van der Waals surface area contributed by atoms with Crippen LogP contribution in [0.5, 0.6) is 0 Å². The maximum absolute atomic E-state index is 2.86. The molecule has 1 saturated carbocycles. The van der Waals surface area contributed by atoms with Gasteiger partial charge in [0, 0.05) is 62.1 Å². The Morgan fingerprint density at radius 3 is 1.77 bits per heavy atom. The highest BCUT2D eigenvalue weighted by Crippen LogP contribution is 2.65. The molecule has 3 nitrogen and oxygen atoms in total. The zero-order valence-electron chi connectivity index (χ0n) is 46.4. The Hall–Kier alpha value is -8.86. The summed E-state index contributed by atoms with van der Waals surface area (Å²) in [5.41, 5.74) is 35.1. The molecule has 4 heteroatoms. The van der Waals surface area contributed by atoms with Gasteiger partial charge in [-0.05, 0) is 165 Å². The number of rotatable bonds is 4. The standard InChI is InChI=1S/C77H60BN3/c1-47-42-61-70-73-68(47)58-34-16-14-30-54(58)56-32-18-20-36-63(56)79(73)66-45-53(81-65-39-38-50(49-24-8-5-9-25-49)44-60(65)75(3)40-22-23-41-76(75,81)4)46-67-72(66)78(70)71-62(77(61,51-26-10-6-11-27-51)52-28-12-7-13-29-52)43-48(2)69-59-35-17-15-31-55(59)57-33-19-21-37-64(57)80(67)74(69)71/h5-21,24-34,36-39,42-46,59H,22-23,35,40-41H2,1-4H3. The van der Waals surface area contributed by atoms with Crippen LogP contribution in [0, 0.1) is 13.8 Å². The second kappa shape index (κ2) is 16.2. The largest absolute Gasteiger partial charge is 0.334 e. The average Bonchev–Trinajstić information content (AvgIpc) is 2.14. The highest BCUT2D eigenvalue weighted by molar-refractivity contribution is 7.01. The Labute approximate surface area is 476 Å². The maximum Gasteiger partial charge on any atom is 0.253 e. The van der Waals surface area contributed by atoms with Crippen LogP contribution >= 0.6 is 0 Å². The molecular formula is C77H60BN3. The van der Waals surface area contributed by atoms with Gasteiger partial charge in [-0.25, -0.2) is 0 Å². The van der Waals surface area contributed by atoms with Crippen molar-refractivity contribution in [1.82, 2.24) is 0 Å². The Balaban J connectivity index is 1.05. The summed E-state index contributed by atoms with van der Waals surface area (Å²) in [5.74, 6) is 0.176. The van der Waals surface area contributed by atoms with Crippen LogP contribution in [0.2, 0.25) is 0 Å². The fraction of sp³-hybridized carbons (Fsp3) is 0.169. The molecule has 0 spiro atoms. The highest BCUT2D eigenvalue weighted by atomic mass is 15.3. The van der Waals surface area contributed by atoms with E-state index < -0.39 is 5.41 Å². The number of benzene rings is 10. The van der Waals surface area contributed by atoms with Gasteiger partial charge in [-0.15, -0.1) is 0 Å². The summed E-state index contributed by atoms with van der Waals surface area (Å²) in [6, 6.07) is 80.4. The number of hydrogen-bond acceptors (Lipinski definition) is 3. The Kier molecular flexibility index (Phi) is 9.17. The monoisotopic (exact) mass is 1040 g/mol. The van der Waals surface area contributed by atoms with Gasteiger partial charge < -0.3 is 14.7 Å². The van der Waals surface area contributed by atoms with Crippen molar-refractivity contribution in [2.24, 2.45) is 0 Å². The van der Waals surface area contributed by atoms with E-state index in [1.165, 1.54) is 164 Å². The molecule has 0 N–H and O–H groups in total. The molecule has 81 heavy (non-hydrogen) atoms. The Morgan fingerprint density at radius 2 is 1.05 bits per heavy atom. The second-order valence-electron chi connectivity index (χ2n) is 24.9. The molecule has 0 aromatic heterocycles. The normalized spacial score (nSPS) is 20.8. The van der Waals surface area contributed by atoms with E-state index in [1.807, 2.05) is 0 Å². The summed E-state index contributed by atoms with van der Waals surface area (Å²) in [6.45, 7) is 10.00. The minimum Gasteiger partial charge on any atom is -0.334 e. The fourth-order valence-electron chi connectivity index (χ4n) is 17.9. The number of anilines is 8. The molecule has 0 amide bonds. The average molecular weight is 1040 g/mol. The number of allylic oxidation sites excluding steroid dienone is 4. The number of nitrogens with zero attached hydrogens (tertiary/aromatic N) is 3. The molecule has 10 aromatic carbocycles. The van der Waals surface area contributed by atoms with E-state index in [1.54, 1.807) is 0 Å². The maximum atomic E-state index is 2.86. The number of para-hydroxylation sites is 2. The minimum absolute atomic E-state index is 0.0742. The Bertz CT molecular complexity index is 4440. The summed E-state index contributed by atoms with van der Waals surface area (Å²) in [4.78, 5) is 8.46. The quantitative estimate of drug-likeness (QED) is 0.163.